The number of esters is 1. The molecular weight excluding hydrogens is 322 g/mol. The van der Waals surface area contributed by atoms with Crippen LogP contribution < -0.4 is 11.1 Å². The first-order valence-electron chi connectivity index (χ1n) is 6.67. The van der Waals surface area contributed by atoms with Crippen LogP contribution in [0, 0.1) is 0 Å². The number of nitrogens with two attached hydrogens (primary N) is 1. The standard InChI is InChI=1S/C14H15N3O5S/c1-8(13(19)17-14(15)20)22-12(18)7-21-6-11-16-9-4-2-3-5-10(9)23-11/h2-5,8H,6-7H2,1H3,(H3,15,17,19,20)/t8-/m1/s1. The molecule has 9 heteroatoms. The van der Waals surface area contributed by atoms with Gasteiger partial charge in [-0.25, -0.2) is 14.6 Å². The molecule has 1 heterocycles. The number of para-hydroxylation sites is 1. The Balaban J connectivity index is 1.76. The normalized spacial score (nSPS) is 11.9. The average molecular weight is 337 g/mol. The highest BCUT2D eigenvalue weighted by Crippen LogP contribution is 2.21. The lowest BCUT2D eigenvalue weighted by Crippen LogP contribution is -2.42. The van der Waals surface area contributed by atoms with E-state index in [1.165, 1.54) is 18.3 Å². The van der Waals surface area contributed by atoms with Gasteiger partial charge in [0, 0.05) is 0 Å². The Morgan fingerprint density at radius 3 is 2.78 bits per heavy atom. The van der Waals surface area contributed by atoms with Gasteiger partial charge in [0.15, 0.2) is 6.10 Å². The summed E-state index contributed by atoms with van der Waals surface area (Å²) in [6.07, 6.45) is -1.14. The molecule has 0 radical (unpaired) electrons. The smallest absolute Gasteiger partial charge is 0.332 e. The highest BCUT2D eigenvalue weighted by atomic mass is 32.1. The van der Waals surface area contributed by atoms with Gasteiger partial charge < -0.3 is 15.2 Å². The average Bonchev–Trinajstić information content (AvgIpc) is 2.89. The molecule has 0 unspecified atom stereocenters. The lowest BCUT2D eigenvalue weighted by atomic mass is 10.3. The Hall–Kier alpha value is -2.52. The van der Waals surface area contributed by atoms with E-state index in [0.717, 1.165) is 15.2 Å². The minimum absolute atomic E-state index is 0.163. The van der Waals surface area contributed by atoms with E-state index in [1.54, 1.807) is 0 Å². The number of ether oxygens (including phenoxy) is 2. The number of imide groups is 1. The number of carbonyl (C=O) groups excluding carboxylic acids is 3. The Kier molecular flexibility index (Phi) is 5.61. The highest BCUT2D eigenvalue weighted by molar-refractivity contribution is 7.18. The third-order valence-corrected chi connectivity index (χ3v) is 3.72. The first-order chi connectivity index (χ1) is 11.0. The summed E-state index contributed by atoms with van der Waals surface area (Å²) in [5, 5.41) is 2.55. The van der Waals surface area contributed by atoms with Gasteiger partial charge in [0.25, 0.3) is 5.91 Å². The summed E-state index contributed by atoms with van der Waals surface area (Å²) in [6.45, 7) is 1.16. The van der Waals surface area contributed by atoms with Gasteiger partial charge in [-0.2, -0.15) is 0 Å². The minimum atomic E-state index is -1.14. The zero-order valence-electron chi connectivity index (χ0n) is 12.3. The molecule has 0 fully saturated rings. The fourth-order valence-electron chi connectivity index (χ4n) is 1.71. The zero-order valence-corrected chi connectivity index (χ0v) is 13.1. The van der Waals surface area contributed by atoms with Crippen LogP contribution in [0.25, 0.3) is 10.2 Å². The number of aromatic nitrogens is 1. The van der Waals surface area contributed by atoms with Gasteiger partial charge in [-0.1, -0.05) is 12.1 Å². The predicted molar refractivity (Wildman–Crippen MR) is 82.6 cm³/mol. The van der Waals surface area contributed by atoms with Crippen LogP contribution in [0.3, 0.4) is 0 Å². The number of rotatable bonds is 6. The van der Waals surface area contributed by atoms with Gasteiger partial charge in [0.1, 0.15) is 11.6 Å². The fourth-order valence-corrected chi connectivity index (χ4v) is 2.62. The first-order valence-corrected chi connectivity index (χ1v) is 7.49. The number of fused-ring (bicyclic) bond motifs is 1. The molecule has 1 aromatic heterocycles. The molecule has 3 N–H and O–H groups in total. The van der Waals surface area contributed by atoms with Crippen molar-refractivity contribution in [2.24, 2.45) is 5.73 Å². The van der Waals surface area contributed by atoms with Gasteiger partial charge in [0.2, 0.25) is 0 Å². The van der Waals surface area contributed by atoms with Crippen LogP contribution >= 0.6 is 11.3 Å². The van der Waals surface area contributed by atoms with Crippen LogP contribution in [0.5, 0.6) is 0 Å². The fraction of sp³-hybridized carbons (Fsp3) is 0.286. The maximum absolute atomic E-state index is 11.5. The molecule has 3 amide bonds. The first kappa shape index (κ1) is 16.8. The van der Waals surface area contributed by atoms with Crippen LogP contribution in [0.4, 0.5) is 4.79 Å². The van der Waals surface area contributed by atoms with Crippen molar-refractivity contribution in [3.05, 3.63) is 29.3 Å². The molecule has 1 atom stereocenters. The number of carbonyl (C=O) groups is 3. The largest absolute Gasteiger partial charge is 0.451 e. The van der Waals surface area contributed by atoms with E-state index in [4.69, 9.17) is 15.2 Å². The molecular formula is C14H15N3O5S. The summed E-state index contributed by atoms with van der Waals surface area (Å²) in [5.74, 6) is -1.52. The van der Waals surface area contributed by atoms with Crippen molar-refractivity contribution in [2.45, 2.75) is 19.6 Å². The maximum atomic E-state index is 11.5. The van der Waals surface area contributed by atoms with Crippen LogP contribution in [0.1, 0.15) is 11.9 Å². The number of nitrogens with zero attached hydrogens (tertiary/aromatic N) is 1. The molecule has 1 aromatic carbocycles. The number of urea groups is 1. The summed E-state index contributed by atoms with van der Waals surface area (Å²) < 4.78 is 11.1. The molecule has 0 saturated heterocycles. The number of hydrogen-bond donors (Lipinski definition) is 2. The topological polar surface area (TPSA) is 121 Å². The van der Waals surface area contributed by atoms with E-state index < -0.39 is 24.0 Å². The number of thiazole rings is 1. The van der Waals surface area contributed by atoms with E-state index in [-0.39, 0.29) is 13.2 Å². The van der Waals surface area contributed by atoms with E-state index in [9.17, 15) is 14.4 Å². The van der Waals surface area contributed by atoms with Gasteiger partial charge in [-0.3, -0.25) is 10.1 Å². The Bertz CT molecular complexity index is 697. The van der Waals surface area contributed by atoms with Gasteiger partial charge in [-0.15, -0.1) is 11.3 Å². The summed E-state index contributed by atoms with van der Waals surface area (Å²) >= 11 is 1.47. The van der Waals surface area contributed by atoms with Gasteiger partial charge in [-0.05, 0) is 19.1 Å². The monoisotopic (exact) mass is 337 g/mol. The third kappa shape index (κ3) is 5.01. The van der Waals surface area contributed by atoms with Crippen molar-refractivity contribution in [1.82, 2.24) is 10.3 Å². The van der Waals surface area contributed by atoms with Crippen LogP contribution in [-0.4, -0.2) is 35.6 Å². The van der Waals surface area contributed by atoms with E-state index in [2.05, 4.69) is 4.98 Å². The Labute approximate surface area is 135 Å². The van der Waals surface area contributed by atoms with E-state index in [0.29, 0.717) is 0 Å². The van der Waals surface area contributed by atoms with Gasteiger partial charge in [0.05, 0.1) is 16.8 Å². The third-order valence-electron chi connectivity index (χ3n) is 2.71. The summed E-state index contributed by atoms with van der Waals surface area (Å²) in [4.78, 5) is 37.8. The number of hydrogen-bond acceptors (Lipinski definition) is 7. The van der Waals surface area contributed by atoms with E-state index in [1.807, 2.05) is 29.6 Å². The molecule has 8 nitrogen and oxygen atoms in total. The van der Waals surface area contributed by atoms with Crippen molar-refractivity contribution < 1.29 is 23.9 Å². The van der Waals surface area contributed by atoms with Crippen molar-refractivity contribution in [1.29, 1.82) is 0 Å². The SMILES string of the molecule is C[C@@H](OC(=O)COCc1nc2ccccc2s1)C(=O)NC(N)=O. The second-order valence-electron chi connectivity index (χ2n) is 4.55. The minimum Gasteiger partial charge on any atom is -0.451 e. The summed E-state index contributed by atoms with van der Waals surface area (Å²) in [5.41, 5.74) is 5.67. The molecule has 0 aliphatic rings. The molecule has 2 aromatic rings. The molecule has 2 rings (SSSR count). The Morgan fingerprint density at radius 2 is 2.09 bits per heavy atom. The molecule has 122 valence electrons. The summed E-state index contributed by atoms with van der Waals surface area (Å²) in [6, 6.07) is 6.64. The zero-order chi connectivity index (χ0) is 16.8. The van der Waals surface area contributed by atoms with Gasteiger partial charge >= 0.3 is 12.0 Å². The highest BCUT2D eigenvalue weighted by Gasteiger charge is 2.19. The number of benzene rings is 1. The molecule has 0 bridgehead atoms. The van der Waals surface area contributed by atoms with Crippen molar-refractivity contribution >= 4 is 39.5 Å². The molecule has 0 saturated carbocycles. The van der Waals surface area contributed by atoms with Crippen LogP contribution in [0.2, 0.25) is 0 Å². The quantitative estimate of drug-likeness (QED) is 0.757. The summed E-state index contributed by atoms with van der Waals surface area (Å²) in [7, 11) is 0. The Morgan fingerprint density at radius 1 is 1.35 bits per heavy atom. The second-order valence-corrected chi connectivity index (χ2v) is 5.67. The number of nitrogens with one attached hydrogen (secondary N) is 1. The van der Waals surface area contributed by atoms with Crippen molar-refractivity contribution in [3.63, 3.8) is 0 Å². The lowest BCUT2D eigenvalue weighted by Gasteiger charge is -2.11. The maximum Gasteiger partial charge on any atom is 0.332 e. The molecule has 23 heavy (non-hydrogen) atoms. The van der Waals surface area contributed by atoms with Crippen LogP contribution in [0.15, 0.2) is 24.3 Å². The van der Waals surface area contributed by atoms with Crippen molar-refractivity contribution in [2.75, 3.05) is 6.61 Å². The number of amides is 3. The number of primary amides is 1. The second kappa shape index (κ2) is 7.65. The van der Waals surface area contributed by atoms with Crippen molar-refractivity contribution in [3.8, 4) is 0 Å². The molecule has 0 spiro atoms. The van der Waals surface area contributed by atoms with E-state index >= 15 is 0 Å². The molecule has 0 aliphatic heterocycles. The molecule has 0 aliphatic carbocycles. The van der Waals surface area contributed by atoms with Crippen LogP contribution in [-0.2, 0) is 25.7 Å². The predicted octanol–water partition coefficient (Wildman–Crippen LogP) is 0.940. The lowest BCUT2D eigenvalue weighted by molar-refractivity contribution is -0.159.